The molecule has 0 unspecified atom stereocenters. The Bertz CT molecular complexity index is 1070. The van der Waals surface area contributed by atoms with E-state index in [1.54, 1.807) is 31.7 Å². The molecule has 214 valence electrons. The Balaban J connectivity index is 1.71. The number of carbonyl (C=O) groups is 2. The molecule has 1 saturated heterocycles. The molecule has 2 aromatic carbocycles. The van der Waals surface area contributed by atoms with Crippen molar-refractivity contribution in [1.82, 2.24) is 9.80 Å². The lowest BCUT2D eigenvalue weighted by Gasteiger charge is -2.41. The molecule has 0 spiro atoms. The highest BCUT2D eigenvalue weighted by Crippen LogP contribution is 2.24. The summed E-state index contributed by atoms with van der Waals surface area (Å²) in [6, 6.07) is 13.1. The first-order chi connectivity index (χ1) is 18.6. The lowest BCUT2D eigenvalue weighted by molar-refractivity contribution is -0.142. The molecular formula is C31H44FN3O4. The molecule has 0 aromatic heterocycles. The van der Waals surface area contributed by atoms with E-state index in [9.17, 15) is 14.0 Å². The van der Waals surface area contributed by atoms with Crippen LogP contribution in [0.15, 0.2) is 48.5 Å². The van der Waals surface area contributed by atoms with Crippen molar-refractivity contribution < 1.29 is 23.5 Å². The lowest BCUT2D eigenvalue weighted by atomic mass is 9.96. The molecule has 8 heteroatoms. The molecular weight excluding hydrogens is 497 g/mol. The van der Waals surface area contributed by atoms with Crippen LogP contribution in [-0.4, -0.2) is 59.2 Å². The summed E-state index contributed by atoms with van der Waals surface area (Å²) in [6.07, 6.45) is 4.33. The number of hydrogen-bond donors (Lipinski definition) is 1. The molecule has 0 bridgehead atoms. The fourth-order valence-electron chi connectivity index (χ4n) is 4.78. The number of nitrogens with zero attached hydrogens (tertiary/aromatic N) is 2. The summed E-state index contributed by atoms with van der Waals surface area (Å²) < 4.78 is 25.8. The largest absolute Gasteiger partial charge is 0.493 e. The Morgan fingerprint density at radius 1 is 1.08 bits per heavy atom. The summed E-state index contributed by atoms with van der Waals surface area (Å²) in [5.41, 5.74) is 7.55. The van der Waals surface area contributed by atoms with Gasteiger partial charge in [0.1, 0.15) is 23.2 Å². The first kappa shape index (κ1) is 30.4. The van der Waals surface area contributed by atoms with Crippen molar-refractivity contribution in [3.8, 4) is 5.75 Å². The van der Waals surface area contributed by atoms with Crippen LogP contribution in [0.25, 0.3) is 0 Å². The minimum absolute atomic E-state index is 0.165. The Morgan fingerprint density at radius 2 is 1.82 bits per heavy atom. The van der Waals surface area contributed by atoms with Gasteiger partial charge in [-0.1, -0.05) is 56.5 Å². The number of carbonyl (C=O) groups excluding carboxylic acids is 2. The predicted molar refractivity (Wildman–Crippen MR) is 151 cm³/mol. The van der Waals surface area contributed by atoms with Gasteiger partial charge in [-0.25, -0.2) is 9.18 Å². The molecule has 2 atom stereocenters. The summed E-state index contributed by atoms with van der Waals surface area (Å²) in [7, 11) is 0. The van der Waals surface area contributed by atoms with Crippen LogP contribution in [0.2, 0.25) is 0 Å². The first-order valence-corrected chi connectivity index (χ1v) is 14.1. The van der Waals surface area contributed by atoms with Crippen LogP contribution in [0, 0.1) is 5.82 Å². The molecule has 1 aliphatic rings. The van der Waals surface area contributed by atoms with Crippen LogP contribution in [0.4, 0.5) is 9.18 Å². The first-order valence-electron chi connectivity index (χ1n) is 14.1. The number of rotatable bonds is 12. The fraction of sp³-hybridized carbons (Fsp3) is 0.548. The Hall–Kier alpha value is -3.13. The zero-order valence-corrected chi connectivity index (χ0v) is 23.8. The number of amides is 2. The zero-order valence-electron chi connectivity index (χ0n) is 23.8. The van der Waals surface area contributed by atoms with Crippen molar-refractivity contribution in [1.29, 1.82) is 0 Å². The van der Waals surface area contributed by atoms with Gasteiger partial charge < -0.3 is 20.1 Å². The maximum absolute atomic E-state index is 14.4. The summed E-state index contributed by atoms with van der Waals surface area (Å²) in [5, 5.41) is 0. The smallest absolute Gasteiger partial charge is 0.411 e. The van der Waals surface area contributed by atoms with Crippen LogP contribution in [-0.2, 0) is 22.5 Å². The second-order valence-corrected chi connectivity index (χ2v) is 11.3. The van der Waals surface area contributed by atoms with Crippen LogP contribution < -0.4 is 10.5 Å². The highest BCUT2D eigenvalue weighted by molar-refractivity contribution is 5.87. The minimum atomic E-state index is -0.768. The number of hydrogen-bond acceptors (Lipinski definition) is 5. The molecule has 1 aliphatic heterocycles. The van der Waals surface area contributed by atoms with E-state index in [1.165, 1.54) is 17.0 Å². The molecule has 0 aliphatic carbocycles. The van der Waals surface area contributed by atoms with E-state index in [1.807, 2.05) is 30.3 Å². The molecule has 0 saturated carbocycles. The molecule has 39 heavy (non-hydrogen) atoms. The third-order valence-electron chi connectivity index (χ3n) is 6.65. The Labute approximate surface area is 232 Å². The van der Waals surface area contributed by atoms with Crippen LogP contribution in [0.1, 0.15) is 70.9 Å². The van der Waals surface area contributed by atoms with Crippen molar-refractivity contribution in [3.05, 3.63) is 65.5 Å². The quantitative estimate of drug-likeness (QED) is 0.349. The van der Waals surface area contributed by atoms with Crippen molar-refractivity contribution in [2.75, 3.05) is 19.7 Å². The number of nitrogens with two attached hydrogens (primary N) is 1. The van der Waals surface area contributed by atoms with Gasteiger partial charge in [-0.15, -0.1) is 0 Å². The van der Waals surface area contributed by atoms with Crippen molar-refractivity contribution >= 4 is 12.0 Å². The van der Waals surface area contributed by atoms with Crippen molar-refractivity contribution in [3.63, 3.8) is 0 Å². The third-order valence-corrected chi connectivity index (χ3v) is 6.65. The molecule has 2 N–H and O–H groups in total. The number of piperazine rings is 1. The fourth-order valence-corrected chi connectivity index (χ4v) is 4.78. The maximum Gasteiger partial charge on any atom is 0.411 e. The number of ether oxygens (including phenoxy) is 2. The molecule has 0 radical (unpaired) electrons. The zero-order chi connectivity index (χ0) is 28.4. The summed E-state index contributed by atoms with van der Waals surface area (Å²) in [5.74, 6) is -0.0740. The van der Waals surface area contributed by atoms with E-state index < -0.39 is 23.8 Å². The summed E-state index contributed by atoms with van der Waals surface area (Å²) in [4.78, 5) is 30.0. The molecule has 2 aromatic rings. The number of benzene rings is 2. The number of halogens is 1. The topological polar surface area (TPSA) is 85.1 Å². The van der Waals surface area contributed by atoms with Crippen LogP contribution >= 0.6 is 0 Å². The summed E-state index contributed by atoms with van der Waals surface area (Å²) in [6.45, 7) is 9.29. The summed E-state index contributed by atoms with van der Waals surface area (Å²) >= 11 is 0. The normalized spacial score (nSPS) is 16.8. The van der Waals surface area contributed by atoms with Gasteiger partial charge >= 0.3 is 6.09 Å². The molecule has 7 nitrogen and oxygen atoms in total. The van der Waals surface area contributed by atoms with Gasteiger partial charge in [0, 0.05) is 31.7 Å². The average Bonchev–Trinajstić information content (AvgIpc) is 2.85. The van der Waals surface area contributed by atoms with Crippen LogP contribution in [0.5, 0.6) is 5.75 Å². The van der Waals surface area contributed by atoms with E-state index in [2.05, 4.69) is 6.92 Å². The van der Waals surface area contributed by atoms with E-state index >= 15 is 0 Å². The predicted octanol–water partition coefficient (Wildman–Crippen LogP) is 5.69. The van der Waals surface area contributed by atoms with E-state index in [0.29, 0.717) is 44.0 Å². The molecule has 2 amide bonds. The van der Waals surface area contributed by atoms with Gasteiger partial charge in [0.15, 0.2) is 0 Å². The average molecular weight is 542 g/mol. The van der Waals surface area contributed by atoms with Gasteiger partial charge in [-0.3, -0.25) is 9.69 Å². The van der Waals surface area contributed by atoms with Gasteiger partial charge in [0.05, 0.1) is 6.61 Å². The van der Waals surface area contributed by atoms with Crippen molar-refractivity contribution in [2.45, 2.75) is 90.4 Å². The van der Waals surface area contributed by atoms with Gasteiger partial charge in [-0.05, 0) is 63.3 Å². The van der Waals surface area contributed by atoms with Gasteiger partial charge in [0.25, 0.3) is 0 Å². The van der Waals surface area contributed by atoms with E-state index in [4.69, 9.17) is 15.2 Å². The second kappa shape index (κ2) is 14.3. The van der Waals surface area contributed by atoms with Crippen LogP contribution in [0.3, 0.4) is 0 Å². The minimum Gasteiger partial charge on any atom is -0.493 e. The van der Waals surface area contributed by atoms with Crippen molar-refractivity contribution in [2.24, 2.45) is 5.73 Å². The lowest BCUT2D eigenvalue weighted by Crippen LogP contribution is -2.60. The van der Waals surface area contributed by atoms with Gasteiger partial charge in [-0.2, -0.15) is 0 Å². The SMILES string of the molecule is CCCCCCOc1cc(F)cc(C[C@H](N)C[C@H]2C(=O)N(Cc3ccccc3)CCN2C(=O)OC(C)(C)C)c1. The Kier molecular flexibility index (Phi) is 11.2. The Morgan fingerprint density at radius 3 is 2.51 bits per heavy atom. The third kappa shape index (κ3) is 9.84. The molecule has 1 heterocycles. The second-order valence-electron chi connectivity index (χ2n) is 11.3. The monoisotopic (exact) mass is 541 g/mol. The standard InChI is InChI=1S/C31H44FN3O4/c1-5-6-7-11-16-38-27-19-24(17-25(32)20-27)18-26(33)21-28-29(36)34(22-23-12-9-8-10-13-23)14-15-35(28)30(37)39-31(2,3)4/h8-10,12-13,17,19-20,26,28H,5-7,11,14-16,18,21-22,33H2,1-4H3/t26-,28-/m0/s1. The molecule has 1 fully saturated rings. The van der Waals surface area contributed by atoms with Gasteiger partial charge in [0.2, 0.25) is 5.91 Å². The van der Waals surface area contributed by atoms with E-state index in [0.717, 1.165) is 31.2 Å². The van der Waals surface area contributed by atoms with E-state index in [-0.39, 0.29) is 18.1 Å². The maximum atomic E-state index is 14.4. The number of unbranched alkanes of at least 4 members (excludes halogenated alkanes) is 3. The highest BCUT2D eigenvalue weighted by atomic mass is 19.1. The molecule has 3 rings (SSSR count). The highest BCUT2D eigenvalue weighted by Gasteiger charge is 2.40.